The van der Waals surface area contributed by atoms with Crippen molar-refractivity contribution in [1.82, 2.24) is 15.2 Å². The van der Waals surface area contributed by atoms with Gasteiger partial charge in [0, 0.05) is 31.4 Å². The minimum absolute atomic E-state index is 0.00134. The van der Waals surface area contributed by atoms with E-state index in [1.165, 1.54) is 11.1 Å². The molecule has 1 fully saturated rings. The Bertz CT molecular complexity index is 764. The third-order valence-corrected chi connectivity index (χ3v) is 4.37. The number of aromatic nitrogens is 1. The topological polar surface area (TPSA) is 62.3 Å². The molecule has 2 amide bonds. The number of carbonyl (C=O) groups excluding carboxylic acids is 2. The number of aryl methyl sites for hydroxylation is 1. The van der Waals surface area contributed by atoms with Crippen LogP contribution in [0.4, 0.5) is 4.39 Å². The number of alkyl halides is 1. The summed E-state index contributed by atoms with van der Waals surface area (Å²) in [6, 6.07) is 12.7. The molecule has 5 nitrogen and oxygen atoms in total. The van der Waals surface area contributed by atoms with Gasteiger partial charge in [-0.1, -0.05) is 30.3 Å². The quantitative estimate of drug-likeness (QED) is 0.928. The Morgan fingerprint density at radius 2 is 2.00 bits per heavy atom. The summed E-state index contributed by atoms with van der Waals surface area (Å²) in [4.78, 5) is 30.1. The Labute approximate surface area is 145 Å². The predicted octanol–water partition coefficient (Wildman–Crippen LogP) is 2.26. The molecular formula is C19H20FN3O2. The molecule has 1 atom stereocenters. The van der Waals surface area contributed by atoms with E-state index in [-0.39, 0.29) is 32.0 Å². The number of pyridine rings is 1. The maximum atomic E-state index is 15.0. The van der Waals surface area contributed by atoms with Crippen LogP contribution in [0.3, 0.4) is 0 Å². The van der Waals surface area contributed by atoms with E-state index in [2.05, 4.69) is 10.3 Å². The summed E-state index contributed by atoms with van der Waals surface area (Å²) < 4.78 is 15.0. The Hall–Kier alpha value is -2.76. The summed E-state index contributed by atoms with van der Waals surface area (Å²) in [5, 5.41) is 2.62. The number of halogens is 1. The van der Waals surface area contributed by atoms with Gasteiger partial charge >= 0.3 is 0 Å². The highest BCUT2D eigenvalue weighted by molar-refractivity contribution is 5.95. The molecule has 1 aromatic carbocycles. The van der Waals surface area contributed by atoms with E-state index < -0.39 is 11.6 Å². The average Bonchev–Trinajstić information content (AvgIpc) is 3.04. The summed E-state index contributed by atoms with van der Waals surface area (Å²) in [6.45, 7) is 2.07. The first-order valence-corrected chi connectivity index (χ1v) is 8.21. The van der Waals surface area contributed by atoms with Crippen LogP contribution >= 0.6 is 0 Å². The number of hydrogen-bond donors (Lipinski definition) is 1. The lowest BCUT2D eigenvalue weighted by molar-refractivity contribution is -0.132. The highest BCUT2D eigenvalue weighted by Gasteiger charge is 2.46. The molecule has 0 aliphatic carbocycles. The fourth-order valence-corrected chi connectivity index (χ4v) is 2.84. The first kappa shape index (κ1) is 17.1. The lowest BCUT2D eigenvalue weighted by atomic mass is 10.0. The van der Waals surface area contributed by atoms with E-state index in [9.17, 15) is 14.0 Å². The standard InChI is InChI=1S/C19H20FN3O2/c1-14-7-8-16(12-21-14)17(24)23-10-9-19(20,13-23)18(25)22-11-15-5-3-2-4-6-15/h2-8,12H,9-11,13H2,1H3,(H,22,25). The fraction of sp³-hybridized carbons (Fsp3) is 0.316. The van der Waals surface area contributed by atoms with Crippen molar-refractivity contribution in [3.63, 3.8) is 0 Å². The van der Waals surface area contributed by atoms with Crippen LogP contribution in [0.5, 0.6) is 0 Å². The van der Waals surface area contributed by atoms with E-state index in [0.717, 1.165) is 11.3 Å². The van der Waals surface area contributed by atoms with E-state index >= 15 is 0 Å². The van der Waals surface area contributed by atoms with Gasteiger partial charge in [-0.3, -0.25) is 14.6 Å². The molecule has 0 bridgehead atoms. The van der Waals surface area contributed by atoms with Crippen LogP contribution in [0.15, 0.2) is 48.7 Å². The molecule has 130 valence electrons. The monoisotopic (exact) mass is 341 g/mol. The molecule has 0 radical (unpaired) electrons. The van der Waals surface area contributed by atoms with Crippen molar-refractivity contribution < 1.29 is 14.0 Å². The van der Waals surface area contributed by atoms with Gasteiger partial charge < -0.3 is 10.2 Å². The van der Waals surface area contributed by atoms with Gasteiger partial charge in [-0.15, -0.1) is 0 Å². The van der Waals surface area contributed by atoms with Crippen molar-refractivity contribution in [2.24, 2.45) is 0 Å². The van der Waals surface area contributed by atoms with Gasteiger partial charge in [-0.05, 0) is 24.6 Å². The van der Waals surface area contributed by atoms with Gasteiger partial charge in [0.15, 0.2) is 0 Å². The van der Waals surface area contributed by atoms with Crippen molar-refractivity contribution in [2.45, 2.75) is 25.6 Å². The van der Waals surface area contributed by atoms with Gasteiger partial charge in [0.2, 0.25) is 5.67 Å². The zero-order valence-corrected chi connectivity index (χ0v) is 14.0. The van der Waals surface area contributed by atoms with Crippen molar-refractivity contribution in [2.75, 3.05) is 13.1 Å². The zero-order chi connectivity index (χ0) is 17.9. The van der Waals surface area contributed by atoms with E-state index in [0.29, 0.717) is 5.56 Å². The summed E-state index contributed by atoms with van der Waals surface area (Å²) in [7, 11) is 0. The average molecular weight is 341 g/mol. The molecule has 25 heavy (non-hydrogen) atoms. The van der Waals surface area contributed by atoms with Crippen LogP contribution in [0, 0.1) is 6.92 Å². The molecular weight excluding hydrogens is 321 g/mol. The molecule has 1 unspecified atom stereocenters. The van der Waals surface area contributed by atoms with E-state index in [1.54, 1.807) is 12.1 Å². The predicted molar refractivity (Wildman–Crippen MR) is 91.6 cm³/mol. The van der Waals surface area contributed by atoms with Crippen molar-refractivity contribution in [3.05, 3.63) is 65.5 Å². The van der Waals surface area contributed by atoms with Crippen LogP contribution in [0.25, 0.3) is 0 Å². The molecule has 1 aromatic heterocycles. The lowest BCUT2D eigenvalue weighted by Gasteiger charge is -2.20. The zero-order valence-electron chi connectivity index (χ0n) is 14.0. The van der Waals surface area contributed by atoms with Crippen molar-refractivity contribution >= 4 is 11.8 Å². The normalized spacial score (nSPS) is 19.7. The Kier molecular flexibility index (Phi) is 4.79. The minimum atomic E-state index is -2.05. The number of rotatable bonds is 4. The van der Waals surface area contributed by atoms with Gasteiger partial charge in [0.25, 0.3) is 11.8 Å². The fourth-order valence-electron chi connectivity index (χ4n) is 2.84. The number of benzene rings is 1. The van der Waals surface area contributed by atoms with Crippen LogP contribution < -0.4 is 5.32 Å². The molecule has 6 heteroatoms. The summed E-state index contributed by atoms with van der Waals surface area (Å²) in [6.07, 6.45) is 1.48. The largest absolute Gasteiger partial charge is 0.349 e. The third-order valence-electron chi connectivity index (χ3n) is 4.37. The van der Waals surface area contributed by atoms with Gasteiger partial charge in [-0.25, -0.2) is 4.39 Å². The maximum absolute atomic E-state index is 15.0. The molecule has 1 aliphatic heterocycles. The number of carbonyl (C=O) groups is 2. The van der Waals surface area contributed by atoms with Crippen LogP contribution in [-0.2, 0) is 11.3 Å². The van der Waals surface area contributed by atoms with Crippen LogP contribution in [0.1, 0.15) is 28.0 Å². The molecule has 0 saturated carbocycles. The highest BCUT2D eigenvalue weighted by atomic mass is 19.1. The van der Waals surface area contributed by atoms with E-state index in [4.69, 9.17) is 0 Å². The molecule has 1 saturated heterocycles. The minimum Gasteiger partial charge on any atom is -0.349 e. The smallest absolute Gasteiger partial charge is 0.259 e. The summed E-state index contributed by atoms with van der Waals surface area (Å²) in [5.74, 6) is -0.975. The molecule has 3 rings (SSSR count). The second kappa shape index (κ2) is 7.01. The van der Waals surface area contributed by atoms with Crippen molar-refractivity contribution in [3.8, 4) is 0 Å². The summed E-state index contributed by atoms with van der Waals surface area (Å²) >= 11 is 0. The van der Waals surface area contributed by atoms with Gasteiger partial charge in [0.1, 0.15) is 0 Å². The lowest BCUT2D eigenvalue weighted by Crippen LogP contribution is -2.45. The second-order valence-electron chi connectivity index (χ2n) is 6.30. The molecule has 2 aromatic rings. The number of likely N-dealkylation sites (tertiary alicyclic amines) is 1. The molecule has 1 aliphatic rings. The number of nitrogens with one attached hydrogen (secondary N) is 1. The number of hydrogen-bond acceptors (Lipinski definition) is 3. The highest BCUT2D eigenvalue weighted by Crippen LogP contribution is 2.27. The molecule has 1 N–H and O–H groups in total. The Balaban J connectivity index is 1.61. The Morgan fingerprint density at radius 3 is 2.68 bits per heavy atom. The molecule has 2 heterocycles. The van der Waals surface area contributed by atoms with Crippen LogP contribution in [0.2, 0.25) is 0 Å². The van der Waals surface area contributed by atoms with Gasteiger partial charge in [-0.2, -0.15) is 0 Å². The number of nitrogens with zero attached hydrogens (tertiary/aromatic N) is 2. The summed E-state index contributed by atoms with van der Waals surface area (Å²) in [5.41, 5.74) is 0.0523. The SMILES string of the molecule is Cc1ccc(C(=O)N2CCC(F)(C(=O)NCc3ccccc3)C2)cn1. The number of amides is 2. The van der Waals surface area contributed by atoms with E-state index in [1.807, 2.05) is 37.3 Å². The Morgan fingerprint density at radius 1 is 1.24 bits per heavy atom. The van der Waals surface area contributed by atoms with Crippen molar-refractivity contribution in [1.29, 1.82) is 0 Å². The molecule has 0 spiro atoms. The maximum Gasteiger partial charge on any atom is 0.259 e. The first-order chi connectivity index (χ1) is 12.0. The van der Waals surface area contributed by atoms with Gasteiger partial charge in [0.05, 0.1) is 12.1 Å². The van der Waals surface area contributed by atoms with Crippen LogP contribution in [-0.4, -0.2) is 40.5 Å². The third kappa shape index (κ3) is 3.84. The first-order valence-electron chi connectivity index (χ1n) is 8.21. The second-order valence-corrected chi connectivity index (χ2v) is 6.30.